The Hall–Kier alpha value is -1.29. The molecule has 4 heteroatoms. The minimum Gasteiger partial charge on any atom is -0.493 e. The van der Waals surface area contributed by atoms with E-state index in [4.69, 9.17) is 9.84 Å². The summed E-state index contributed by atoms with van der Waals surface area (Å²) in [6.07, 6.45) is 0.146. The fourth-order valence-electron chi connectivity index (χ4n) is 1.36. The summed E-state index contributed by atoms with van der Waals surface area (Å²) in [5.41, 5.74) is 0.768. The summed E-state index contributed by atoms with van der Waals surface area (Å²) in [4.78, 5) is 3.98. The molecule has 0 bridgehead atoms. The van der Waals surface area contributed by atoms with Crippen molar-refractivity contribution in [1.82, 2.24) is 10.3 Å². The summed E-state index contributed by atoms with van der Waals surface area (Å²) in [7, 11) is 0. The van der Waals surface area contributed by atoms with Crippen LogP contribution in [0, 0.1) is 0 Å². The van der Waals surface area contributed by atoms with Crippen LogP contribution in [-0.4, -0.2) is 22.7 Å². The van der Waals surface area contributed by atoms with Crippen LogP contribution >= 0.6 is 0 Å². The Balaban J connectivity index is 2.34. The molecule has 2 heterocycles. The molecule has 0 amide bonds. The van der Waals surface area contributed by atoms with Crippen molar-refractivity contribution in [3.8, 4) is 11.6 Å². The predicted molar refractivity (Wildman–Crippen MR) is 47.7 cm³/mol. The Labute approximate surface area is 76.6 Å². The first-order valence-corrected chi connectivity index (χ1v) is 4.32. The molecule has 1 aliphatic heterocycles. The third-order valence-corrected chi connectivity index (χ3v) is 1.97. The second-order valence-corrected chi connectivity index (χ2v) is 3.17. The number of ether oxygens (including phenoxy) is 1. The van der Waals surface area contributed by atoms with Gasteiger partial charge in [-0.3, -0.25) is 0 Å². The highest BCUT2D eigenvalue weighted by molar-refractivity contribution is 5.31. The number of aromatic nitrogens is 1. The van der Waals surface area contributed by atoms with Crippen molar-refractivity contribution >= 4 is 0 Å². The molecule has 0 spiro atoms. The molecule has 1 aromatic heterocycles. The van der Waals surface area contributed by atoms with Crippen LogP contribution in [0.25, 0.3) is 0 Å². The predicted octanol–water partition coefficient (Wildman–Crippen LogP) is 0.658. The summed E-state index contributed by atoms with van der Waals surface area (Å²) in [6, 6.07) is 3.29. The lowest BCUT2D eigenvalue weighted by Gasteiger charge is -2.10. The summed E-state index contributed by atoms with van der Waals surface area (Å²) in [6.45, 7) is 3.44. The van der Waals surface area contributed by atoms with Crippen LogP contribution in [0.3, 0.4) is 0 Å². The van der Waals surface area contributed by atoms with Crippen LogP contribution < -0.4 is 10.1 Å². The first-order chi connectivity index (χ1) is 6.25. The van der Waals surface area contributed by atoms with Gasteiger partial charge in [-0.1, -0.05) is 0 Å². The average molecular weight is 180 g/mol. The van der Waals surface area contributed by atoms with Crippen LogP contribution in [0.4, 0.5) is 0 Å². The first kappa shape index (κ1) is 8.31. The molecule has 2 N–H and O–H groups in total. The minimum absolute atomic E-state index is 0.0405. The van der Waals surface area contributed by atoms with Gasteiger partial charge in [0, 0.05) is 19.2 Å². The van der Waals surface area contributed by atoms with E-state index < -0.39 is 0 Å². The number of aromatic hydroxyl groups is 1. The van der Waals surface area contributed by atoms with E-state index in [9.17, 15) is 0 Å². The topological polar surface area (TPSA) is 54.4 Å². The number of rotatable bonds is 0. The smallest absolute Gasteiger partial charge is 0.211 e. The van der Waals surface area contributed by atoms with E-state index in [-0.39, 0.29) is 12.0 Å². The second-order valence-electron chi connectivity index (χ2n) is 3.17. The maximum Gasteiger partial charge on any atom is 0.211 e. The van der Waals surface area contributed by atoms with Gasteiger partial charge in [0.2, 0.25) is 5.88 Å². The van der Waals surface area contributed by atoms with Gasteiger partial charge < -0.3 is 15.2 Å². The quantitative estimate of drug-likeness (QED) is 0.615. The van der Waals surface area contributed by atoms with Crippen molar-refractivity contribution < 1.29 is 9.84 Å². The summed E-state index contributed by atoms with van der Waals surface area (Å²) in [5, 5.41) is 12.3. The average Bonchev–Trinajstić information content (AvgIpc) is 2.25. The monoisotopic (exact) mass is 180 g/mol. The summed E-state index contributed by atoms with van der Waals surface area (Å²) in [5.74, 6) is 0.800. The fraction of sp³-hybridized carbons (Fsp3) is 0.444. The summed E-state index contributed by atoms with van der Waals surface area (Å²) >= 11 is 0. The molecule has 1 aromatic rings. The Kier molecular flexibility index (Phi) is 2.06. The molecule has 0 aromatic carbocycles. The van der Waals surface area contributed by atoms with E-state index in [0.717, 1.165) is 18.0 Å². The number of nitrogens with zero attached hydrogens (tertiary/aromatic N) is 1. The molecule has 4 nitrogen and oxygen atoms in total. The van der Waals surface area contributed by atoms with Crippen LogP contribution in [-0.2, 0) is 6.54 Å². The molecule has 0 aliphatic carbocycles. The third kappa shape index (κ3) is 1.72. The molecule has 13 heavy (non-hydrogen) atoms. The standard InChI is InChI=1S/C9H12N2O2/c1-6-4-10-5-7-8(13-6)2-3-9(12)11-7/h2-3,6,10H,4-5H2,1H3,(H,11,12)/t6-/m0/s1. The van der Waals surface area contributed by atoms with Crippen molar-refractivity contribution in [3.05, 3.63) is 17.8 Å². The van der Waals surface area contributed by atoms with Crippen LogP contribution in [0.5, 0.6) is 11.6 Å². The van der Waals surface area contributed by atoms with Gasteiger partial charge in [-0.05, 0) is 13.0 Å². The third-order valence-electron chi connectivity index (χ3n) is 1.97. The molecular weight excluding hydrogens is 168 g/mol. The number of pyridine rings is 1. The van der Waals surface area contributed by atoms with Gasteiger partial charge in [-0.2, -0.15) is 0 Å². The van der Waals surface area contributed by atoms with Crippen molar-refractivity contribution in [2.24, 2.45) is 0 Å². The lowest BCUT2D eigenvalue weighted by atomic mass is 10.3. The van der Waals surface area contributed by atoms with Crippen molar-refractivity contribution in [1.29, 1.82) is 0 Å². The molecular formula is C9H12N2O2. The SMILES string of the molecule is C[C@H]1CNCc2nc(O)ccc2O1. The van der Waals surface area contributed by atoms with Crippen molar-refractivity contribution in [2.75, 3.05) is 6.54 Å². The van der Waals surface area contributed by atoms with Crippen LogP contribution in [0.2, 0.25) is 0 Å². The Morgan fingerprint density at radius 3 is 3.31 bits per heavy atom. The molecule has 0 radical (unpaired) electrons. The molecule has 0 fully saturated rings. The van der Waals surface area contributed by atoms with Gasteiger partial charge in [0.25, 0.3) is 0 Å². The Morgan fingerprint density at radius 2 is 2.46 bits per heavy atom. The molecule has 1 atom stereocenters. The zero-order valence-electron chi connectivity index (χ0n) is 7.45. The molecule has 0 saturated heterocycles. The lowest BCUT2D eigenvalue weighted by molar-refractivity contribution is 0.225. The number of hydrogen-bond acceptors (Lipinski definition) is 4. The minimum atomic E-state index is 0.0405. The highest BCUT2D eigenvalue weighted by Crippen LogP contribution is 2.22. The molecule has 70 valence electrons. The zero-order valence-corrected chi connectivity index (χ0v) is 7.45. The zero-order chi connectivity index (χ0) is 9.26. The molecule has 0 saturated carbocycles. The number of nitrogens with one attached hydrogen (secondary N) is 1. The maximum absolute atomic E-state index is 9.15. The van der Waals surface area contributed by atoms with Crippen molar-refractivity contribution in [3.63, 3.8) is 0 Å². The van der Waals surface area contributed by atoms with E-state index in [0.29, 0.717) is 6.54 Å². The van der Waals surface area contributed by atoms with Gasteiger partial charge in [-0.25, -0.2) is 4.98 Å². The second kappa shape index (κ2) is 3.22. The normalized spacial score (nSPS) is 21.5. The number of hydrogen-bond donors (Lipinski definition) is 2. The molecule has 2 rings (SSSR count). The van der Waals surface area contributed by atoms with E-state index in [1.807, 2.05) is 6.92 Å². The Bertz CT molecular complexity index is 314. The number of fused-ring (bicyclic) bond motifs is 1. The fourth-order valence-corrected chi connectivity index (χ4v) is 1.36. The van der Waals surface area contributed by atoms with Crippen LogP contribution in [0.15, 0.2) is 12.1 Å². The van der Waals surface area contributed by atoms with Crippen molar-refractivity contribution in [2.45, 2.75) is 19.6 Å². The first-order valence-electron chi connectivity index (χ1n) is 4.32. The molecule has 1 aliphatic rings. The summed E-state index contributed by atoms with van der Waals surface area (Å²) < 4.78 is 5.58. The van der Waals surface area contributed by atoms with Gasteiger partial charge in [0.15, 0.2) is 0 Å². The van der Waals surface area contributed by atoms with E-state index in [1.165, 1.54) is 6.07 Å². The maximum atomic E-state index is 9.15. The van der Waals surface area contributed by atoms with Gasteiger partial charge in [0.05, 0.1) is 0 Å². The van der Waals surface area contributed by atoms with Gasteiger partial charge in [-0.15, -0.1) is 0 Å². The van der Waals surface area contributed by atoms with Gasteiger partial charge in [0.1, 0.15) is 17.5 Å². The van der Waals surface area contributed by atoms with E-state index in [2.05, 4.69) is 10.3 Å². The highest BCUT2D eigenvalue weighted by atomic mass is 16.5. The van der Waals surface area contributed by atoms with Crippen LogP contribution in [0.1, 0.15) is 12.6 Å². The largest absolute Gasteiger partial charge is 0.493 e. The van der Waals surface area contributed by atoms with E-state index >= 15 is 0 Å². The molecule has 0 unspecified atom stereocenters. The highest BCUT2D eigenvalue weighted by Gasteiger charge is 2.14. The van der Waals surface area contributed by atoms with E-state index in [1.54, 1.807) is 6.07 Å². The van der Waals surface area contributed by atoms with Gasteiger partial charge >= 0.3 is 0 Å². The Morgan fingerprint density at radius 1 is 1.62 bits per heavy atom. The lowest BCUT2D eigenvalue weighted by Crippen LogP contribution is -2.25.